The lowest BCUT2D eigenvalue weighted by molar-refractivity contribution is 0.222. The van der Waals surface area contributed by atoms with Gasteiger partial charge in [0.15, 0.2) is 0 Å². The third kappa shape index (κ3) is 3.85. The van der Waals surface area contributed by atoms with Gasteiger partial charge in [0.2, 0.25) is 0 Å². The summed E-state index contributed by atoms with van der Waals surface area (Å²) < 4.78 is 0. The van der Waals surface area contributed by atoms with Crippen molar-refractivity contribution in [3.8, 4) is 0 Å². The standard InChI is InChI=1S/C15H23ClN2O/c1-17-7-5-12(6-8-17)10-18(2)14-4-3-13(11-19)15(16)9-14/h3-4,9,12,19H,5-8,10-11H2,1-2H3. The minimum absolute atomic E-state index is 0.00220. The normalized spacial score (nSPS) is 17.7. The molecule has 0 bridgehead atoms. The van der Waals surface area contributed by atoms with Gasteiger partial charge in [-0.2, -0.15) is 0 Å². The Labute approximate surface area is 120 Å². The van der Waals surface area contributed by atoms with Gasteiger partial charge in [-0.1, -0.05) is 17.7 Å². The number of aliphatic hydroxyl groups is 1. The van der Waals surface area contributed by atoms with Gasteiger partial charge >= 0.3 is 0 Å². The van der Waals surface area contributed by atoms with Crippen LogP contribution < -0.4 is 4.90 Å². The van der Waals surface area contributed by atoms with E-state index in [0.717, 1.165) is 23.7 Å². The zero-order chi connectivity index (χ0) is 13.8. The molecule has 1 saturated heterocycles. The first-order valence-electron chi connectivity index (χ1n) is 6.89. The quantitative estimate of drug-likeness (QED) is 0.920. The summed E-state index contributed by atoms with van der Waals surface area (Å²) in [5.74, 6) is 0.762. The van der Waals surface area contributed by atoms with E-state index in [1.165, 1.54) is 25.9 Å². The van der Waals surface area contributed by atoms with E-state index in [1.807, 2.05) is 18.2 Å². The fourth-order valence-electron chi connectivity index (χ4n) is 2.64. The number of nitrogens with zero attached hydrogens (tertiary/aromatic N) is 2. The Morgan fingerprint density at radius 2 is 2.05 bits per heavy atom. The fraction of sp³-hybridized carbons (Fsp3) is 0.600. The van der Waals surface area contributed by atoms with Crippen LogP contribution in [0.5, 0.6) is 0 Å². The molecule has 0 radical (unpaired) electrons. The van der Waals surface area contributed by atoms with Gasteiger partial charge in [0.1, 0.15) is 0 Å². The monoisotopic (exact) mass is 282 g/mol. The van der Waals surface area contributed by atoms with Crippen molar-refractivity contribution < 1.29 is 5.11 Å². The van der Waals surface area contributed by atoms with Gasteiger partial charge in [-0.15, -0.1) is 0 Å². The van der Waals surface area contributed by atoms with Gasteiger partial charge < -0.3 is 14.9 Å². The first-order chi connectivity index (χ1) is 9.10. The predicted molar refractivity (Wildman–Crippen MR) is 80.9 cm³/mol. The number of aliphatic hydroxyl groups excluding tert-OH is 1. The molecule has 0 aliphatic carbocycles. The lowest BCUT2D eigenvalue weighted by Gasteiger charge is -2.32. The summed E-state index contributed by atoms with van der Waals surface area (Å²) >= 11 is 6.14. The highest BCUT2D eigenvalue weighted by Gasteiger charge is 2.18. The highest BCUT2D eigenvalue weighted by molar-refractivity contribution is 6.31. The van der Waals surface area contributed by atoms with Gasteiger partial charge in [-0.3, -0.25) is 0 Å². The van der Waals surface area contributed by atoms with Crippen molar-refractivity contribution in [3.63, 3.8) is 0 Å². The molecule has 1 aromatic carbocycles. The zero-order valence-electron chi connectivity index (χ0n) is 11.8. The SMILES string of the molecule is CN1CCC(CN(C)c2ccc(CO)c(Cl)c2)CC1. The van der Waals surface area contributed by atoms with E-state index in [0.29, 0.717) is 5.02 Å². The molecule has 2 rings (SSSR count). The minimum atomic E-state index is -0.00220. The average Bonchev–Trinajstić information content (AvgIpc) is 2.41. The van der Waals surface area contributed by atoms with Gasteiger partial charge in [-0.05, 0) is 56.6 Å². The number of halogens is 1. The Morgan fingerprint density at radius 1 is 1.37 bits per heavy atom. The first-order valence-corrected chi connectivity index (χ1v) is 7.27. The second kappa shape index (κ2) is 6.60. The lowest BCUT2D eigenvalue weighted by atomic mass is 9.96. The molecule has 0 saturated carbocycles. The van der Waals surface area contributed by atoms with Crippen molar-refractivity contribution in [2.45, 2.75) is 19.4 Å². The largest absolute Gasteiger partial charge is 0.392 e. The van der Waals surface area contributed by atoms with Crippen LogP contribution in [0.15, 0.2) is 18.2 Å². The van der Waals surface area contributed by atoms with Crippen molar-refractivity contribution in [2.75, 3.05) is 38.6 Å². The zero-order valence-corrected chi connectivity index (χ0v) is 12.5. The summed E-state index contributed by atoms with van der Waals surface area (Å²) in [4.78, 5) is 4.66. The predicted octanol–water partition coefficient (Wildman–Crippen LogP) is 2.61. The topological polar surface area (TPSA) is 26.7 Å². The van der Waals surface area contributed by atoms with Crippen LogP contribution in [0.3, 0.4) is 0 Å². The Morgan fingerprint density at radius 3 is 2.63 bits per heavy atom. The van der Waals surface area contributed by atoms with Crippen LogP contribution in [0, 0.1) is 5.92 Å². The van der Waals surface area contributed by atoms with E-state index in [9.17, 15) is 0 Å². The van der Waals surface area contributed by atoms with Crippen molar-refractivity contribution >= 4 is 17.3 Å². The van der Waals surface area contributed by atoms with E-state index < -0.39 is 0 Å². The van der Waals surface area contributed by atoms with Crippen LogP contribution in [0.2, 0.25) is 5.02 Å². The fourth-order valence-corrected chi connectivity index (χ4v) is 2.87. The summed E-state index contributed by atoms with van der Waals surface area (Å²) in [6.07, 6.45) is 2.53. The van der Waals surface area contributed by atoms with Crippen LogP contribution >= 0.6 is 11.6 Å². The van der Waals surface area contributed by atoms with Crippen LogP contribution in [0.25, 0.3) is 0 Å². The van der Waals surface area contributed by atoms with Crippen molar-refractivity contribution in [1.82, 2.24) is 4.90 Å². The number of benzene rings is 1. The third-order valence-electron chi connectivity index (χ3n) is 4.02. The number of likely N-dealkylation sites (tertiary alicyclic amines) is 1. The number of piperidine rings is 1. The van der Waals surface area contributed by atoms with E-state index in [2.05, 4.69) is 23.9 Å². The Hall–Kier alpha value is -0.770. The Balaban J connectivity index is 1.96. The Kier molecular flexibility index (Phi) is 5.08. The second-order valence-corrected chi connectivity index (χ2v) is 5.97. The van der Waals surface area contributed by atoms with E-state index in [-0.39, 0.29) is 6.61 Å². The molecule has 1 fully saturated rings. The molecule has 1 aliphatic rings. The van der Waals surface area contributed by atoms with Crippen molar-refractivity contribution in [3.05, 3.63) is 28.8 Å². The van der Waals surface area contributed by atoms with Gasteiger partial charge in [0.05, 0.1) is 6.61 Å². The second-order valence-electron chi connectivity index (χ2n) is 5.56. The molecular formula is C15H23ClN2O. The number of rotatable bonds is 4. The minimum Gasteiger partial charge on any atom is -0.392 e. The van der Waals surface area contributed by atoms with Crippen LogP contribution in [-0.4, -0.2) is 43.7 Å². The molecule has 0 aromatic heterocycles. The van der Waals surface area contributed by atoms with Crippen LogP contribution in [0.4, 0.5) is 5.69 Å². The molecule has 1 N–H and O–H groups in total. The maximum Gasteiger partial charge on any atom is 0.0696 e. The highest BCUT2D eigenvalue weighted by atomic mass is 35.5. The van der Waals surface area contributed by atoms with E-state index >= 15 is 0 Å². The lowest BCUT2D eigenvalue weighted by Crippen LogP contribution is -2.35. The van der Waals surface area contributed by atoms with Gasteiger partial charge in [-0.25, -0.2) is 0 Å². The maximum atomic E-state index is 9.13. The molecule has 0 unspecified atom stereocenters. The average molecular weight is 283 g/mol. The number of anilines is 1. The molecule has 1 aliphatic heterocycles. The number of hydrogen-bond acceptors (Lipinski definition) is 3. The van der Waals surface area contributed by atoms with Crippen molar-refractivity contribution in [2.24, 2.45) is 5.92 Å². The molecule has 1 heterocycles. The molecule has 0 spiro atoms. The first kappa shape index (κ1) is 14.6. The molecule has 0 amide bonds. The van der Waals surface area contributed by atoms with Crippen LogP contribution in [0.1, 0.15) is 18.4 Å². The maximum absolute atomic E-state index is 9.13. The molecule has 106 valence electrons. The number of hydrogen-bond donors (Lipinski definition) is 1. The third-order valence-corrected chi connectivity index (χ3v) is 4.37. The summed E-state index contributed by atoms with van der Waals surface area (Å²) in [5.41, 5.74) is 1.92. The van der Waals surface area contributed by atoms with E-state index in [1.54, 1.807) is 0 Å². The summed E-state index contributed by atoms with van der Waals surface area (Å²) in [7, 11) is 4.30. The molecule has 1 aromatic rings. The molecule has 4 heteroatoms. The summed E-state index contributed by atoms with van der Waals surface area (Å²) in [6.45, 7) is 3.46. The molecule has 0 atom stereocenters. The summed E-state index contributed by atoms with van der Waals surface area (Å²) in [6, 6.07) is 5.89. The van der Waals surface area contributed by atoms with Gasteiger partial charge in [0, 0.05) is 24.3 Å². The smallest absolute Gasteiger partial charge is 0.0696 e. The highest BCUT2D eigenvalue weighted by Crippen LogP contribution is 2.25. The molecule has 19 heavy (non-hydrogen) atoms. The van der Waals surface area contributed by atoms with Crippen LogP contribution in [-0.2, 0) is 6.61 Å². The van der Waals surface area contributed by atoms with Crippen molar-refractivity contribution in [1.29, 1.82) is 0 Å². The Bertz CT molecular complexity index is 417. The van der Waals surface area contributed by atoms with E-state index in [4.69, 9.17) is 16.7 Å². The summed E-state index contributed by atoms with van der Waals surface area (Å²) in [5, 5.41) is 9.78. The van der Waals surface area contributed by atoms with Gasteiger partial charge in [0.25, 0.3) is 0 Å². The molecule has 3 nitrogen and oxygen atoms in total. The molecular weight excluding hydrogens is 260 g/mol.